The summed E-state index contributed by atoms with van der Waals surface area (Å²) in [5, 5.41) is 1.91. The molecule has 1 aliphatic rings. The van der Waals surface area contributed by atoms with Gasteiger partial charge in [-0.2, -0.15) is 0 Å². The van der Waals surface area contributed by atoms with Crippen molar-refractivity contribution in [3.63, 3.8) is 0 Å². The Balaban J connectivity index is 2.02. The first-order valence-corrected chi connectivity index (χ1v) is 7.09. The van der Waals surface area contributed by atoms with Crippen molar-refractivity contribution in [2.45, 2.75) is 13.5 Å². The number of carbonyl (C=O) groups excluding carboxylic acids is 2. The van der Waals surface area contributed by atoms with Gasteiger partial charge in [0.15, 0.2) is 0 Å². The molecule has 0 saturated heterocycles. The molecule has 1 heterocycles. The van der Waals surface area contributed by atoms with E-state index in [2.05, 4.69) is 0 Å². The fourth-order valence-corrected chi connectivity index (χ4v) is 2.34. The quantitative estimate of drug-likeness (QED) is 0.793. The van der Waals surface area contributed by atoms with E-state index in [0.29, 0.717) is 24.5 Å². The van der Waals surface area contributed by atoms with E-state index in [9.17, 15) is 9.59 Å². The molecule has 0 aliphatic carbocycles. The van der Waals surface area contributed by atoms with Crippen LogP contribution in [0.5, 0.6) is 0 Å². The van der Waals surface area contributed by atoms with E-state index in [4.69, 9.17) is 4.74 Å². The Morgan fingerprint density at radius 1 is 1.37 bits per heavy atom. The minimum absolute atomic E-state index is 0.0990. The zero-order chi connectivity index (χ0) is 13.7. The molecule has 0 atom stereocenters. The molecular formula is C14H15NO3S. The second-order valence-corrected chi connectivity index (χ2v) is 4.93. The average molecular weight is 277 g/mol. The number of amides is 1. The first-order valence-electron chi connectivity index (χ1n) is 6.04. The summed E-state index contributed by atoms with van der Waals surface area (Å²) in [6, 6.07) is 7.13. The number of benzene rings is 1. The number of thioether (sulfide) groups is 1. The Labute approximate surface area is 116 Å². The Hall–Kier alpha value is -1.75. The summed E-state index contributed by atoms with van der Waals surface area (Å²) in [7, 11) is 0. The van der Waals surface area contributed by atoms with Crippen LogP contribution in [-0.2, 0) is 16.1 Å². The Kier molecular flexibility index (Phi) is 4.63. The maximum Gasteiger partial charge on any atom is 0.338 e. The van der Waals surface area contributed by atoms with Gasteiger partial charge in [-0.25, -0.2) is 4.79 Å². The van der Waals surface area contributed by atoms with E-state index in [0.717, 1.165) is 5.56 Å². The Bertz CT molecular complexity index is 496. The van der Waals surface area contributed by atoms with E-state index < -0.39 is 0 Å². The number of esters is 1. The van der Waals surface area contributed by atoms with Gasteiger partial charge in [0.25, 0.3) is 0 Å². The molecule has 0 fully saturated rings. The van der Waals surface area contributed by atoms with E-state index >= 15 is 0 Å². The Morgan fingerprint density at radius 2 is 2.11 bits per heavy atom. The third-order valence-corrected chi connectivity index (χ3v) is 3.41. The molecule has 0 unspecified atom stereocenters. The van der Waals surface area contributed by atoms with E-state index in [1.807, 2.05) is 17.5 Å². The second-order valence-electron chi connectivity index (χ2n) is 4.04. The van der Waals surface area contributed by atoms with E-state index in [1.54, 1.807) is 30.2 Å². The first-order chi connectivity index (χ1) is 9.20. The van der Waals surface area contributed by atoms with Crippen molar-refractivity contribution in [1.29, 1.82) is 0 Å². The SMILES string of the molecule is CCOC(=O)c1ccc(CN2C=CSCC2=O)cc1. The minimum atomic E-state index is -0.320. The van der Waals surface area contributed by atoms with Crippen LogP contribution >= 0.6 is 11.8 Å². The number of rotatable bonds is 4. The van der Waals surface area contributed by atoms with Crippen molar-refractivity contribution >= 4 is 23.6 Å². The van der Waals surface area contributed by atoms with E-state index in [1.165, 1.54) is 11.8 Å². The zero-order valence-electron chi connectivity index (χ0n) is 10.7. The predicted octanol–water partition coefficient (Wildman–Crippen LogP) is 2.41. The van der Waals surface area contributed by atoms with Crippen molar-refractivity contribution in [2.24, 2.45) is 0 Å². The lowest BCUT2D eigenvalue weighted by Crippen LogP contribution is -2.28. The molecule has 19 heavy (non-hydrogen) atoms. The van der Waals surface area contributed by atoms with Crippen molar-refractivity contribution in [3.05, 3.63) is 47.0 Å². The minimum Gasteiger partial charge on any atom is -0.462 e. The van der Waals surface area contributed by atoms with Crippen LogP contribution in [0.15, 0.2) is 35.9 Å². The zero-order valence-corrected chi connectivity index (χ0v) is 11.5. The third-order valence-electron chi connectivity index (χ3n) is 2.68. The molecular weight excluding hydrogens is 262 g/mol. The van der Waals surface area contributed by atoms with Gasteiger partial charge in [0, 0.05) is 6.20 Å². The molecule has 1 aromatic rings. The molecule has 4 nitrogen and oxygen atoms in total. The van der Waals surface area contributed by atoms with Gasteiger partial charge in [-0.15, -0.1) is 11.8 Å². The molecule has 0 radical (unpaired) electrons. The molecule has 0 N–H and O–H groups in total. The van der Waals surface area contributed by atoms with Crippen molar-refractivity contribution < 1.29 is 14.3 Å². The van der Waals surface area contributed by atoms with Crippen LogP contribution in [0, 0.1) is 0 Å². The molecule has 0 spiro atoms. The smallest absolute Gasteiger partial charge is 0.338 e. The molecule has 100 valence electrons. The van der Waals surface area contributed by atoms with Gasteiger partial charge >= 0.3 is 5.97 Å². The molecule has 0 aromatic heterocycles. The highest BCUT2D eigenvalue weighted by atomic mass is 32.2. The van der Waals surface area contributed by atoms with Crippen LogP contribution in [0.2, 0.25) is 0 Å². The summed E-state index contributed by atoms with van der Waals surface area (Å²) in [6.45, 7) is 2.67. The molecule has 0 saturated carbocycles. The maximum atomic E-state index is 11.6. The number of ether oxygens (including phenoxy) is 1. The monoisotopic (exact) mass is 277 g/mol. The highest BCUT2D eigenvalue weighted by Crippen LogP contribution is 2.16. The summed E-state index contributed by atoms with van der Waals surface area (Å²) < 4.78 is 4.92. The van der Waals surface area contributed by atoms with Crippen LogP contribution in [0.25, 0.3) is 0 Å². The second kappa shape index (κ2) is 6.43. The lowest BCUT2D eigenvalue weighted by molar-refractivity contribution is -0.126. The first kappa shape index (κ1) is 13.7. The number of hydrogen-bond donors (Lipinski definition) is 0. The molecule has 5 heteroatoms. The molecule has 0 bridgehead atoms. The van der Waals surface area contributed by atoms with Crippen molar-refractivity contribution in [1.82, 2.24) is 4.90 Å². The van der Waals surface area contributed by atoms with E-state index in [-0.39, 0.29) is 11.9 Å². The lowest BCUT2D eigenvalue weighted by Gasteiger charge is -2.21. The van der Waals surface area contributed by atoms with Gasteiger partial charge in [-0.1, -0.05) is 12.1 Å². The standard InChI is InChI=1S/C14H15NO3S/c1-2-18-14(17)12-5-3-11(4-6-12)9-15-7-8-19-10-13(15)16/h3-8H,2,9-10H2,1H3. The largest absolute Gasteiger partial charge is 0.462 e. The normalized spacial score (nSPS) is 14.6. The molecule has 1 aliphatic heterocycles. The molecule has 1 aromatic carbocycles. The van der Waals surface area contributed by atoms with Gasteiger partial charge in [0.2, 0.25) is 5.91 Å². The van der Waals surface area contributed by atoms with Crippen molar-refractivity contribution in [2.75, 3.05) is 12.4 Å². The van der Waals surface area contributed by atoms with Crippen LogP contribution in [-0.4, -0.2) is 29.1 Å². The van der Waals surface area contributed by atoms with Crippen LogP contribution in [0.4, 0.5) is 0 Å². The number of nitrogens with zero attached hydrogens (tertiary/aromatic N) is 1. The van der Waals surface area contributed by atoms with Crippen LogP contribution in [0.1, 0.15) is 22.8 Å². The average Bonchev–Trinajstić information content (AvgIpc) is 2.42. The van der Waals surface area contributed by atoms with Gasteiger partial charge < -0.3 is 9.64 Å². The van der Waals surface area contributed by atoms with Gasteiger partial charge in [-0.3, -0.25) is 4.79 Å². The number of carbonyl (C=O) groups is 2. The maximum absolute atomic E-state index is 11.6. The fraction of sp³-hybridized carbons (Fsp3) is 0.286. The summed E-state index contributed by atoms with van der Waals surface area (Å²) >= 11 is 1.50. The predicted molar refractivity (Wildman–Crippen MR) is 74.5 cm³/mol. The molecule has 1 amide bonds. The lowest BCUT2D eigenvalue weighted by atomic mass is 10.1. The summed E-state index contributed by atoms with van der Waals surface area (Å²) in [6.07, 6.45) is 1.79. The highest BCUT2D eigenvalue weighted by molar-refractivity contribution is 8.02. The van der Waals surface area contributed by atoms with Crippen molar-refractivity contribution in [3.8, 4) is 0 Å². The van der Waals surface area contributed by atoms with Gasteiger partial charge in [0.05, 0.1) is 24.5 Å². The number of hydrogen-bond acceptors (Lipinski definition) is 4. The molecule has 2 rings (SSSR count). The van der Waals surface area contributed by atoms with Crippen LogP contribution < -0.4 is 0 Å². The van der Waals surface area contributed by atoms with Gasteiger partial charge in [-0.05, 0) is 30.0 Å². The highest BCUT2D eigenvalue weighted by Gasteiger charge is 2.14. The fourth-order valence-electron chi connectivity index (χ4n) is 1.70. The van der Waals surface area contributed by atoms with Gasteiger partial charge in [0.1, 0.15) is 0 Å². The summed E-state index contributed by atoms with van der Waals surface area (Å²) in [5.74, 6) is 0.263. The summed E-state index contributed by atoms with van der Waals surface area (Å²) in [5.41, 5.74) is 1.51. The van der Waals surface area contributed by atoms with Crippen LogP contribution in [0.3, 0.4) is 0 Å². The topological polar surface area (TPSA) is 46.6 Å². The summed E-state index contributed by atoms with van der Waals surface area (Å²) in [4.78, 5) is 24.8. The third kappa shape index (κ3) is 3.61. The Morgan fingerprint density at radius 3 is 2.74 bits per heavy atom.